The van der Waals surface area contributed by atoms with Crippen LogP contribution in [-0.2, 0) is 11.3 Å². The smallest absolute Gasteiger partial charge is 0.290 e. The number of benzene rings is 2. The Kier molecular flexibility index (Phi) is 5.54. The summed E-state index contributed by atoms with van der Waals surface area (Å²) in [5, 5.41) is 12.5. The molecule has 7 heteroatoms. The number of thiophene rings is 1. The first-order valence-corrected chi connectivity index (χ1v) is 11.2. The van der Waals surface area contributed by atoms with Crippen molar-refractivity contribution in [1.82, 2.24) is 4.90 Å². The van der Waals surface area contributed by atoms with Gasteiger partial charge in [0, 0.05) is 0 Å². The summed E-state index contributed by atoms with van der Waals surface area (Å²) in [5.74, 6) is 0.357. The molecule has 6 nitrogen and oxygen atoms in total. The number of hydrogen-bond acceptors (Lipinski definition) is 6. The van der Waals surface area contributed by atoms with Crippen molar-refractivity contribution in [3.8, 4) is 11.5 Å². The van der Waals surface area contributed by atoms with Crippen molar-refractivity contribution in [2.45, 2.75) is 12.6 Å². The largest absolute Gasteiger partial charge is 0.503 e. The lowest BCUT2D eigenvalue weighted by atomic mass is 9.95. The van der Waals surface area contributed by atoms with Gasteiger partial charge in [0.25, 0.3) is 5.91 Å². The predicted molar refractivity (Wildman–Crippen MR) is 123 cm³/mol. The number of rotatable bonds is 7. The van der Waals surface area contributed by atoms with E-state index < -0.39 is 17.7 Å². The maximum atomic E-state index is 13.3. The number of ketones is 1. The Balaban J connectivity index is 1.51. The third-order valence-corrected chi connectivity index (χ3v) is 6.24. The van der Waals surface area contributed by atoms with Crippen LogP contribution in [-0.4, -0.2) is 21.7 Å². The quantitative estimate of drug-likeness (QED) is 0.349. The Morgan fingerprint density at radius 3 is 2.39 bits per heavy atom. The summed E-state index contributed by atoms with van der Waals surface area (Å²) in [6.45, 7) is 0.115. The van der Waals surface area contributed by atoms with E-state index in [-0.39, 0.29) is 17.9 Å². The highest BCUT2D eigenvalue weighted by Crippen LogP contribution is 2.41. The van der Waals surface area contributed by atoms with Gasteiger partial charge in [-0.25, -0.2) is 0 Å². The molecule has 33 heavy (non-hydrogen) atoms. The van der Waals surface area contributed by atoms with Crippen LogP contribution in [0.5, 0.6) is 11.5 Å². The topological polar surface area (TPSA) is 80.0 Å². The lowest BCUT2D eigenvalue weighted by Gasteiger charge is -2.26. The first kappa shape index (κ1) is 20.8. The van der Waals surface area contributed by atoms with Gasteiger partial charge in [0.15, 0.2) is 5.76 Å². The molecule has 1 amide bonds. The summed E-state index contributed by atoms with van der Waals surface area (Å²) in [5.41, 5.74) is 0.741. The van der Waals surface area contributed by atoms with Crippen LogP contribution in [0, 0.1) is 0 Å². The van der Waals surface area contributed by atoms with Gasteiger partial charge in [0.1, 0.15) is 17.3 Å². The SMILES string of the molecule is O=C(C1=C(O)C(=O)N(Cc2ccco2)[C@@H]1c1ccc(Oc2ccccc2)cc1)c1cccs1. The second kappa shape index (κ2) is 8.80. The predicted octanol–water partition coefficient (Wildman–Crippen LogP) is 5.91. The molecule has 3 heterocycles. The average Bonchev–Trinajstić information content (AvgIpc) is 3.59. The number of ether oxygens (including phenoxy) is 1. The molecule has 0 fully saturated rings. The van der Waals surface area contributed by atoms with E-state index in [1.807, 2.05) is 30.3 Å². The van der Waals surface area contributed by atoms with Crippen LogP contribution in [0.2, 0.25) is 0 Å². The van der Waals surface area contributed by atoms with Gasteiger partial charge in [0.2, 0.25) is 5.78 Å². The molecule has 2 aromatic carbocycles. The van der Waals surface area contributed by atoms with Gasteiger partial charge in [-0.05, 0) is 53.4 Å². The first-order chi connectivity index (χ1) is 16.1. The second-order valence-electron chi connectivity index (χ2n) is 7.47. The summed E-state index contributed by atoms with van der Waals surface area (Å²) in [4.78, 5) is 28.2. The van der Waals surface area contributed by atoms with Gasteiger partial charge in [-0.15, -0.1) is 11.3 Å². The molecule has 2 aromatic heterocycles. The molecular weight excluding hydrogens is 438 g/mol. The number of Topliss-reactive ketones (excluding diaryl/α,β-unsaturated/α-hetero) is 1. The van der Waals surface area contributed by atoms with E-state index in [2.05, 4.69) is 0 Å². The third-order valence-electron chi connectivity index (χ3n) is 5.37. The van der Waals surface area contributed by atoms with Crippen LogP contribution < -0.4 is 4.74 Å². The fourth-order valence-corrected chi connectivity index (χ4v) is 4.53. The zero-order chi connectivity index (χ0) is 22.8. The highest BCUT2D eigenvalue weighted by Gasteiger charge is 2.44. The molecule has 0 saturated heterocycles. The molecule has 1 atom stereocenters. The molecule has 164 valence electrons. The van der Waals surface area contributed by atoms with Gasteiger partial charge in [-0.3, -0.25) is 9.59 Å². The number of aliphatic hydroxyl groups is 1. The van der Waals surface area contributed by atoms with Crippen molar-refractivity contribution in [2.75, 3.05) is 0 Å². The van der Waals surface area contributed by atoms with E-state index in [0.717, 1.165) is 0 Å². The second-order valence-corrected chi connectivity index (χ2v) is 8.42. The van der Waals surface area contributed by atoms with E-state index in [0.29, 0.717) is 27.7 Å². The van der Waals surface area contributed by atoms with Crippen molar-refractivity contribution >= 4 is 23.0 Å². The maximum absolute atomic E-state index is 13.3. The van der Waals surface area contributed by atoms with Crippen molar-refractivity contribution in [1.29, 1.82) is 0 Å². The van der Waals surface area contributed by atoms with Gasteiger partial charge in [-0.1, -0.05) is 36.4 Å². The average molecular weight is 458 g/mol. The Morgan fingerprint density at radius 2 is 1.73 bits per heavy atom. The van der Waals surface area contributed by atoms with Gasteiger partial charge in [0.05, 0.1) is 29.3 Å². The lowest BCUT2D eigenvalue weighted by molar-refractivity contribution is -0.130. The Bertz CT molecular complexity index is 1290. The summed E-state index contributed by atoms with van der Waals surface area (Å²) in [6.07, 6.45) is 1.52. The number of hydrogen-bond donors (Lipinski definition) is 1. The van der Waals surface area contributed by atoms with Crippen LogP contribution in [0.25, 0.3) is 0 Å². The number of carbonyl (C=O) groups excluding carboxylic acids is 2. The molecule has 5 rings (SSSR count). The molecule has 4 aromatic rings. The minimum atomic E-state index is -0.761. The van der Waals surface area contributed by atoms with Gasteiger partial charge in [-0.2, -0.15) is 0 Å². The van der Waals surface area contributed by atoms with Crippen LogP contribution in [0.15, 0.2) is 106 Å². The first-order valence-electron chi connectivity index (χ1n) is 10.3. The van der Waals surface area contributed by atoms with Crippen molar-refractivity contribution in [2.24, 2.45) is 0 Å². The van der Waals surface area contributed by atoms with Crippen LogP contribution in [0.4, 0.5) is 0 Å². The zero-order valence-corrected chi connectivity index (χ0v) is 18.2. The molecular formula is C26H19NO5S. The molecule has 0 saturated carbocycles. The van der Waals surface area contributed by atoms with Crippen molar-refractivity contribution in [3.05, 3.63) is 118 Å². The summed E-state index contributed by atoms with van der Waals surface area (Å²) >= 11 is 1.27. The normalized spacial score (nSPS) is 15.8. The third kappa shape index (κ3) is 4.06. The highest BCUT2D eigenvalue weighted by molar-refractivity contribution is 7.12. The van der Waals surface area contributed by atoms with Crippen LogP contribution >= 0.6 is 11.3 Å². The summed E-state index contributed by atoms with van der Waals surface area (Å²) < 4.78 is 11.3. The molecule has 0 radical (unpaired) electrons. The minimum Gasteiger partial charge on any atom is -0.503 e. The Morgan fingerprint density at radius 1 is 0.970 bits per heavy atom. The van der Waals surface area contributed by atoms with E-state index >= 15 is 0 Å². The number of aliphatic hydroxyl groups excluding tert-OH is 1. The molecule has 0 aliphatic carbocycles. The standard InChI is InChI=1S/C26H19NO5S/c28-24(21-9-5-15-33-21)22-23(27(26(30)25(22)29)16-20-8-4-14-31-20)17-10-12-19(13-11-17)32-18-6-2-1-3-7-18/h1-15,23,29H,16H2/t23-/m1/s1. The van der Waals surface area contributed by atoms with E-state index in [1.54, 1.807) is 53.9 Å². The molecule has 0 unspecified atom stereocenters. The number of amides is 1. The highest BCUT2D eigenvalue weighted by atomic mass is 32.1. The molecule has 1 N–H and O–H groups in total. The fraction of sp³-hybridized carbons (Fsp3) is 0.0769. The number of carbonyl (C=O) groups is 2. The number of para-hydroxylation sites is 1. The monoisotopic (exact) mass is 457 g/mol. The minimum absolute atomic E-state index is 0.0609. The summed E-state index contributed by atoms with van der Waals surface area (Å²) in [6, 6.07) is 22.7. The fourth-order valence-electron chi connectivity index (χ4n) is 3.85. The van der Waals surface area contributed by atoms with Gasteiger partial charge >= 0.3 is 0 Å². The van der Waals surface area contributed by atoms with Gasteiger partial charge < -0.3 is 19.2 Å². The molecule has 1 aliphatic rings. The molecule has 0 spiro atoms. The summed E-state index contributed by atoms with van der Waals surface area (Å²) in [7, 11) is 0. The van der Waals surface area contributed by atoms with E-state index in [1.165, 1.54) is 22.5 Å². The maximum Gasteiger partial charge on any atom is 0.290 e. The van der Waals surface area contributed by atoms with E-state index in [9.17, 15) is 14.7 Å². The van der Waals surface area contributed by atoms with Crippen molar-refractivity contribution < 1.29 is 23.8 Å². The molecule has 1 aliphatic heterocycles. The number of furan rings is 1. The lowest BCUT2D eigenvalue weighted by Crippen LogP contribution is -2.30. The van der Waals surface area contributed by atoms with Crippen LogP contribution in [0.3, 0.4) is 0 Å². The number of nitrogens with zero attached hydrogens (tertiary/aromatic N) is 1. The Labute approximate surface area is 194 Å². The zero-order valence-electron chi connectivity index (χ0n) is 17.4. The Hall–Kier alpha value is -4.10. The van der Waals surface area contributed by atoms with E-state index in [4.69, 9.17) is 9.15 Å². The van der Waals surface area contributed by atoms with Crippen LogP contribution in [0.1, 0.15) is 27.0 Å². The van der Waals surface area contributed by atoms with Crippen molar-refractivity contribution in [3.63, 3.8) is 0 Å². The molecule has 0 bridgehead atoms.